The number of fused-ring (bicyclic) bond motifs is 1. The first-order chi connectivity index (χ1) is 12.6. The molecule has 4 aromatic rings. The third-order valence-corrected chi connectivity index (χ3v) is 5.46. The molecule has 2 heterocycles. The normalized spacial score (nSPS) is 11.1. The van der Waals surface area contributed by atoms with Gasteiger partial charge >= 0.3 is 5.69 Å². The van der Waals surface area contributed by atoms with E-state index in [1.807, 2.05) is 73.7 Å². The second-order valence-corrected chi connectivity index (χ2v) is 7.54. The van der Waals surface area contributed by atoms with Gasteiger partial charge in [-0.3, -0.25) is 13.9 Å². The van der Waals surface area contributed by atoms with Crippen molar-refractivity contribution < 1.29 is 0 Å². The molecule has 2 aromatic carbocycles. The van der Waals surface area contributed by atoms with Gasteiger partial charge in [0.1, 0.15) is 4.83 Å². The van der Waals surface area contributed by atoms with E-state index in [4.69, 9.17) is 0 Å². The van der Waals surface area contributed by atoms with Crippen molar-refractivity contribution in [1.82, 2.24) is 9.13 Å². The Labute approximate surface area is 154 Å². The molecule has 4 rings (SSSR count). The Balaban J connectivity index is 1.92. The Kier molecular flexibility index (Phi) is 4.31. The van der Waals surface area contributed by atoms with Gasteiger partial charge in [0.15, 0.2) is 0 Å². The van der Waals surface area contributed by atoms with Crippen molar-refractivity contribution in [3.05, 3.63) is 104 Å². The lowest BCUT2D eigenvalue weighted by atomic mass is 10.2. The summed E-state index contributed by atoms with van der Waals surface area (Å²) in [7, 11) is 0. The van der Waals surface area contributed by atoms with E-state index in [1.54, 1.807) is 4.57 Å². The summed E-state index contributed by atoms with van der Waals surface area (Å²) >= 11 is 1.49. The SMILES string of the molecule is Cc1cc2c(=O)n(Cc3ccccc3)c(=O)n(Cc3ccccc3)c2s1. The lowest BCUT2D eigenvalue weighted by Gasteiger charge is -2.12. The van der Waals surface area contributed by atoms with E-state index in [9.17, 15) is 9.59 Å². The molecule has 0 spiro atoms. The van der Waals surface area contributed by atoms with Crippen molar-refractivity contribution in [3.8, 4) is 0 Å². The average molecular weight is 362 g/mol. The minimum atomic E-state index is -0.267. The van der Waals surface area contributed by atoms with E-state index < -0.39 is 0 Å². The molecule has 0 aliphatic carbocycles. The molecular formula is C21H18N2O2S. The van der Waals surface area contributed by atoms with Crippen LogP contribution in [0.25, 0.3) is 10.2 Å². The molecule has 0 N–H and O–H groups in total. The molecular weight excluding hydrogens is 344 g/mol. The largest absolute Gasteiger partial charge is 0.332 e. The number of hydrogen-bond donors (Lipinski definition) is 0. The number of thiophene rings is 1. The first-order valence-electron chi connectivity index (χ1n) is 8.45. The maximum absolute atomic E-state index is 13.2. The molecule has 0 saturated heterocycles. The van der Waals surface area contributed by atoms with Crippen LogP contribution >= 0.6 is 11.3 Å². The quantitative estimate of drug-likeness (QED) is 0.556. The van der Waals surface area contributed by atoms with Gasteiger partial charge in [-0.05, 0) is 24.1 Å². The highest BCUT2D eigenvalue weighted by Gasteiger charge is 2.16. The smallest absolute Gasteiger partial charge is 0.280 e. The van der Waals surface area contributed by atoms with E-state index in [0.717, 1.165) is 20.8 Å². The van der Waals surface area contributed by atoms with Gasteiger partial charge in [0.2, 0.25) is 0 Å². The maximum atomic E-state index is 13.2. The zero-order valence-corrected chi connectivity index (χ0v) is 15.2. The topological polar surface area (TPSA) is 44.0 Å². The van der Waals surface area contributed by atoms with Crippen LogP contribution in [0.15, 0.2) is 76.3 Å². The van der Waals surface area contributed by atoms with Crippen LogP contribution in [0, 0.1) is 6.92 Å². The summed E-state index contributed by atoms with van der Waals surface area (Å²) in [6.07, 6.45) is 0. The average Bonchev–Trinajstić information content (AvgIpc) is 3.06. The fraction of sp³-hybridized carbons (Fsp3) is 0.143. The summed E-state index contributed by atoms with van der Waals surface area (Å²) in [5.74, 6) is 0. The molecule has 0 amide bonds. The Hall–Kier alpha value is -2.92. The second kappa shape index (κ2) is 6.77. The number of benzene rings is 2. The maximum Gasteiger partial charge on any atom is 0.332 e. The Bertz CT molecular complexity index is 1170. The third-order valence-electron chi connectivity index (χ3n) is 4.39. The van der Waals surface area contributed by atoms with E-state index in [2.05, 4.69) is 0 Å². The van der Waals surface area contributed by atoms with Crippen LogP contribution in [0.4, 0.5) is 0 Å². The Morgan fingerprint density at radius 3 is 1.92 bits per heavy atom. The van der Waals surface area contributed by atoms with Crippen LogP contribution in [0.2, 0.25) is 0 Å². The van der Waals surface area contributed by atoms with Gasteiger partial charge in [-0.25, -0.2) is 4.79 Å². The first kappa shape index (κ1) is 16.5. The number of hydrogen-bond acceptors (Lipinski definition) is 3. The van der Waals surface area contributed by atoms with Crippen molar-refractivity contribution in [2.24, 2.45) is 0 Å². The molecule has 0 aliphatic heterocycles. The van der Waals surface area contributed by atoms with Crippen molar-refractivity contribution in [2.75, 3.05) is 0 Å². The number of aryl methyl sites for hydroxylation is 1. The zero-order chi connectivity index (χ0) is 18.1. The molecule has 0 fully saturated rings. The summed E-state index contributed by atoms with van der Waals surface area (Å²) in [6, 6.07) is 21.3. The van der Waals surface area contributed by atoms with Crippen LogP contribution in [0.5, 0.6) is 0 Å². The Morgan fingerprint density at radius 2 is 1.35 bits per heavy atom. The van der Waals surface area contributed by atoms with Crippen LogP contribution in [0.1, 0.15) is 16.0 Å². The zero-order valence-electron chi connectivity index (χ0n) is 14.4. The van der Waals surface area contributed by atoms with Crippen LogP contribution in [-0.2, 0) is 13.1 Å². The first-order valence-corrected chi connectivity index (χ1v) is 9.27. The number of nitrogens with zero attached hydrogens (tertiary/aromatic N) is 2. The molecule has 0 unspecified atom stereocenters. The van der Waals surface area contributed by atoms with E-state index in [0.29, 0.717) is 11.9 Å². The molecule has 0 bridgehead atoms. The third kappa shape index (κ3) is 3.02. The minimum Gasteiger partial charge on any atom is -0.280 e. The highest BCUT2D eigenvalue weighted by molar-refractivity contribution is 7.18. The van der Waals surface area contributed by atoms with Crippen LogP contribution in [-0.4, -0.2) is 9.13 Å². The van der Waals surface area contributed by atoms with Gasteiger partial charge in [-0.1, -0.05) is 60.7 Å². The molecule has 0 radical (unpaired) electrons. The lowest BCUT2D eigenvalue weighted by molar-refractivity contribution is 0.638. The van der Waals surface area contributed by atoms with Gasteiger partial charge in [-0.15, -0.1) is 11.3 Å². The standard InChI is InChI=1S/C21H18N2O2S/c1-15-12-18-19(24)22(13-16-8-4-2-5-9-16)21(25)23(20(18)26-15)14-17-10-6-3-7-11-17/h2-12H,13-14H2,1H3. The van der Waals surface area contributed by atoms with Gasteiger partial charge < -0.3 is 0 Å². The number of aromatic nitrogens is 2. The molecule has 130 valence electrons. The fourth-order valence-electron chi connectivity index (χ4n) is 3.13. The summed E-state index contributed by atoms with van der Waals surface area (Å²) in [5, 5.41) is 0.610. The lowest BCUT2D eigenvalue weighted by Crippen LogP contribution is -2.40. The molecule has 2 aromatic heterocycles. The van der Waals surface area contributed by atoms with Gasteiger partial charge in [-0.2, -0.15) is 0 Å². The second-order valence-electron chi connectivity index (χ2n) is 6.31. The molecule has 5 heteroatoms. The Morgan fingerprint density at radius 1 is 0.808 bits per heavy atom. The fourth-order valence-corrected chi connectivity index (χ4v) is 4.12. The van der Waals surface area contributed by atoms with Crippen molar-refractivity contribution in [1.29, 1.82) is 0 Å². The predicted octanol–water partition coefficient (Wildman–Crippen LogP) is 3.63. The summed E-state index contributed by atoms with van der Waals surface area (Å²) in [6.45, 7) is 2.69. The van der Waals surface area contributed by atoms with Gasteiger partial charge in [0, 0.05) is 4.88 Å². The molecule has 0 aliphatic rings. The van der Waals surface area contributed by atoms with Gasteiger partial charge in [0.25, 0.3) is 5.56 Å². The van der Waals surface area contributed by atoms with Crippen LogP contribution < -0.4 is 11.2 Å². The number of rotatable bonds is 4. The van der Waals surface area contributed by atoms with Crippen molar-refractivity contribution >= 4 is 21.6 Å². The molecule has 26 heavy (non-hydrogen) atoms. The summed E-state index contributed by atoms with van der Waals surface area (Å²) in [5.41, 5.74) is 1.48. The monoisotopic (exact) mass is 362 g/mol. The van der Waals surface area contributed by atoms with E-state index in [1.165, 1.54) is 15.9 Å². The minimum absolute atomic E-state index is 0.220. The predicted molar refractivity (Wildman–Crippen MR) is 106 cm³/mol. The van der Waals surface area contributed by atoms with Gasteiger partial charge in [0.05, 0.1) is 18.5 Å². The van der Waals surface area contributed by atoms with Crippen molar-refractivity contribution in [2.45, 2.75) is 20.0 Å². The molecule has 0 saturated carbocycles. The highest BCUT2D eigenvalue weighted by Crippen LogP contribution is 2.22. The highest BCUT2D eigenvalue weighted by atomic mass is 32.1. The van der Waals surface area contributed by atoms with Crippen LogP contribution in [0.3, 0.4) is 0 Å². The van der Waals surface area contributed by atoms with E-state index >= 15 is 0 Å². The molecule has 4 nitrogen and oxygen atoms in total. The van der Waals surface area contributed by atoms with Crippen molar-refractivity contribution in [3.63, 3.8) is 0 Å². The molecule has 0 atom stereocenters. The summed E-state index contributed by atoms with van der Waals surface area (Å²) in [4.78, 5) is 27.8. The summed E-state index contributed by atoms with van der Waals surface area (Å²) < 4.78 is 3.06. The van der Waals surface area contributed by atoms with E-state index in [-0.39, 0.29) is 17.8 Å².